The van der Waals surface area contributed by atoms with E-state index in [4.69, 9.17) is 9.47 Å². The van der Waals surface area contributed by atoms with Crippen LogP contribution in [0, 0.1) is 52.8 Å². The van der Waals surface area contributed by atoms with Gasteiger partial charge < -0.3 is 9.47 Å². The minimum Gasteiger partial charge on any atom is -0.375 e. The normalized spacial score (nSPS) is 53.2. The number of hydrogen-bond acceptors (Lipinski definition) is 2. The molecule has 0 amide bonds. The van der Waals surface area contributed by atoms with Gasteiger partial charge in [-0.3, -0.25) is 0 Å². The van der Waals surface area contributed by atoms with E-state index < -0.39 is 0 Å². The molecule has 0 spiro atoms. The molecular formula is C36H60O2. The zero-order chi connectivity index (χ0) is 25.7. The van der Waals surface area contributed by atoms with Crippen LogP contribution in [0.1, 0.15) is 149 Å². The third-order valence-corrected chi connectivity index (χ3v) is 13.9. The quantitative estimate of drug-likeness (QED) is 0.344. The van der Waals surface area contributed by atoms with Crippen LogP contribution in [0.5, 0.6) is 0 Å². The van der Waals surface area contributed by atoms with Crippen molar-refractivity contribution in [2.75, 3.05) is 0 Å². The number of rotatable bonds is 6. The second-order valence-electron chi connectivity index (χ2n) is 16.4. The Morgan fingerprint density at radius 2 is 0.868 bits per heavy atom. The Hall–Kier alpha value is -0.0800. The molecule has 216 valence electrons. The van der Waals surface area contributed by atoms with Gasteiger partial charge in [0.05, 0.1) is 24.4 Å². The van der Waals surface area contributed by atoms with Crippen LogP contribution in [-0.2, 0) is 9.47 Å². The molecule has 0 saturated heterocycles. The summed E-state index contributed by atoms with van der Waals surface area (Å²) in [6.45, 7) is 4.86. The Labute approximate surface area is 235 Å². The minimum absolute atomic E-state index is 0.576. The first kappa shape index (κ1) is 26.8. The van der Waals surface area contributed by atoms with E-state index in [2.05, 4.69) is 13.8 Å². The van der Waals surface area contributed by atoms with Crippen molar-refractivity contribution >= 4 is 0 Å². The van der Waals surface area contributed by atoms with Gasteiger partial charge in [0.15, 0.2) is 0 Å². The minimum atomic E-state index is 0.576. The summed E-state index contributed by atoms with van der Waals surface area (Å²) in [7, 11) is 0. The van der Waals surface area contributed by atoms with Gasteiger partial charge in [0.2, 0.25) is 0 Å². The molecule has 8 aliphatic carbocycles. The molecule has 0 aliphatic heterocycles. The Balaban J connectivity index is 0.977. The van der Waals surface area contributed by atoms with Crippen molar-refractivity contribution < 1.29 is 9.47 Å². The predicted molar refractivity (Wildman–Crippen MR) is 156 cm³/mol. The van der Waals surface area contributed by atoms with Crippen LogP contribution < -0.4 is 0 Å². The lowest BCUT2D eigenvalue weighted by Crippen LogP contribution is -2.58. The fourth-order valence-corrected chi connectivity index (χ4v) is 12.2. The lowest BCUT2D eigenvalue weighted by Gasteiger charge is -2.67. The topological polar surface area (TPSA) is 18.5 Å². The third kappa shape index (κ3) is 5.42. The average Bonchev–Trinajstić information content (AvgIpc) is 2.92. The maximum Gasteiger partial charge on any atom is 0.0579 e. The van der Waals surface area contributed by atoms with E-state index in [1.807, 2.05) is 0 Å². The van der Waals surface area contributed by atoms with Crippen LogP contribution in [0.15, 0.2) is 0 Å². The van der Waals surface area contributed by atoms with Crippen LogP contribution in [0.4, 0.5) is 0 Å². The first-order chi connectivity index (χ1) is 18.5. The smallest absolute Gasteiger partial charge is 0.0579 e. The van der Waals surface area contributed by atoms with Gasteiger partial charge in [-0.05, 0) is 188 Å². The molecule has 8 fully saturated rings. The van der Waals surface area contributed by atoms with Crippen molar-refractivity contribution in [3.05, 3.63) is 0 Å². The molecular weight excluding hydrogens is 464 g/mol. The molecule has 4 bridgehead atoms. The summed E-state index contributed by atoms with van der Waals surface area (Å²) in [4.78, 5) is 0. The van der Waals surface area contributed by atoms with Crippen molar-refractivity contribution in [1.82, 2.24) is 0 Å². The van der Waals surface area contributed by atoms with Gasteiger partial charge in [-0.25, -0.2) is 0 Å². The molecule has 3 atom stereocenters. The van der Waals surface area contributed by atoms with E-state index in [9.17, 15) is 0 Å². The highest BCUT2D eigenvalue weighted by Gasteiger charge is 2.61. The van der Waals surface area contributed by atoms with Crippen molar-refractivity contribution in [3.63, 3.8) is 0 Å². The largest absolute Gasteiger partial charge is 0.375 e. The standard InChI is InChI=1S/C36H60O2/c1-24-3-11-31(12-4-24)37-33-15-7-28(8-16-33)35-29-20-26-19-27(21-29)23-36(35,22-26)30-9-17-34(18-10-30)38-32-13-5-25(2)6-14-32/h24-35H,3-23H2,1-2H3. The molecule has 8 rings (SSSR count). The zero-order valence-corrected chi connectivity index (χ0v) is 25.1. The second-order valence-corrected chi connectivity index (χ2v) is 16.4. The molecule has 2 nitrogen and oxygen atoms in total. The Morgan fingerprint density at radius 1 is 0.447 bits per heavy atom. The summed E-state index contributed by atoms with van der Waals surface area (Å²) in [6.07, 6.45) is 32.5. The Kier molecular flexibility index (Phi) is 7.97. The van der Waals surface area contributed by atoms with Gasteiger partial charge in [-0.1, -0.05) is 13.8 Å². The van der Waals surface area contributed by atoms with Gasteiger partial charge in [0.1, 0.15) is 0 Å². The molecule has 3 unspecified atom stereocenters. The van der Waals surface area contributed by atoms with Crippen molar-refractivity contribution in [2.24, 2.45) is 52.8 Å². The maximum atomic E-state index is 6.76. The lowest BCUT2D eigenvalue weighted by molar-refractivity contribution is -0.180. The van der Waals surface area contributed by atoms with Gasteiger partial charge in [0, 0.05) is 0 Å². The van der Waals surface area contributed by atoms with Gasteiger partial charge in [-0.15, -0.1) is 0 Å². The van der Waals surface area contributed by atoms with Crippen LogP contribution in [0.3, 0.4) is 0 Å². The molecule has 0 aromatic rings. The molecule has 0 N–H and O–H groups in total. The van der Waals surface area contributed by atoms with Crippen molar-refractivity contribution in [1.29, 1.82) is 0 Å². The molecule has 0 aromatic heterocycles. The summed E-state index contributed by atoms with van der Waals surface area (Å²) >= 11 is 0. The summed E-state index contributed by atoms with van der Waals surface area (Å²) in [5.41, 5.74) is 0.706. The summed E-state index contributed by atoms with van der Waals surface area (Å²) in [5, 5.41) is 0. The molecule has 0 heterocycles. The van der Waals surface area contributed by atoms with Gasteiger partial charge in [0.25, 0.3) is 0 Å². The lowest BCUT2D eigenvalue weighted by atomic mass is 9.38. The molecule has 8 saturated carbocycles. The SMILES string of the molecule is CC1CCC(OC2CCC(C3C4CC5CC(C4)CC3(C3CCC(OC4CCC(C)CC4)CC3)C5)CC2)CC1. The molecule has 2 heteroatoms. The average molecular weight is 525 g/mol. The van der Waals surface area contributed by atoms with E-state index in [1.165, 1.54) is 103 Å². The fraction of sp³-hybridized carbons (Fsp3) is 1.00. The fourth-order valence-electron chi connectivity index (χ4n) is 12.2. The van der Waals surface area contributed by atoms with Crippen LogP contribution in [0.2, 0.25) is 0 Å². The molecule has 0 aromatic carbocycles. The Morgan fingerprint density at radius 3 is 1.34 bits per heavy atom. The van der Waals surface area contributed by atoms with E-state index in [0.29, 0.717) is 29.8 Å². The first-order valence-corrected chi connectivity index (χ1v) is 17.8. The highest BCUT2D eigenvalue weighted by molar-refractivity contribution is 5.10. The van der Waals surface area contributed by atoms with Gasteiger partial charge >= 0.3 is 0 Å². The van der Waals surface area contributed by atoms with Crippen molar-refractivity contribution in [2.45, 2.75) is 173 Å². The summed E-state index contributed by atoms with van der Waals surface area (Å²) < 4.78 is 13.5. The van der Waals surface area contributed by atoms with Crippen molar-refractivity contribution in [3.8, 4) is 0 Å². The van der Waals surface area contributed by atoms with E-state index in [0.717, 1.165) is 47.3 Å². The third-order valence-electron chi connectivity index (χ3n) is 13.9. The zero-order valence-electron chi connectivity index (χ0n) is 25.1. The van der Waals surface area contributed by atoms with Crippen LogP contribution in [-0.4, -0.2) is 24.4 Å². The van der Waals surface area contributed by atoms with E-state index >= 15 is 0 Å². The van der Waals surface area contributed by atoms with Crippen LogP contribution in [0.25, 0.3) is 0 Å². The molecule has 38 heavy (non-hydrogen) atoms. The highest BCUT2D eigenvalue weighted by atomic mass is 16.5. The monoisotopic (exact) mass is 524 g/mol. The number of ether oxygens (including phenoxy) is 2. The number of hydrogen-bond donors (Lipinski definition) is 0. The highest BCUT2D eigenvalue weighted by Crippen LogP contribution is 2.69. The Bertz CT molecular complexity index is 746. The second kappa shape index (κ2) is 11.3. The van der Waals surface area contributed by atoms with E-state index in [-0.39, 0.29) is 0 Å². The first-order valence-electron chi connectivity index (χ1n) is 17.8. The van der Waals surface area contributed by atoms with Crippen LogP contribution >= 0.6 is 0 Å². The maximum absolute atomic E-state index is 6.76. The molecule has 8 aliphatic rings. The summed E-state index contributed by atoms with van der Waals surface area (Å²) in [6, 6.07) is 0. The predicted octanol–water partition coefficient (Wildman–Crippen LogP) is 9.74. The van der Waals surface area contributed by atoms with E-state index in [1.54, 1.807) is 32.1 Å². The summed E-state index contributed by atoms with van der Waals surface area (Å²) in [5.74, 6) is 8.14. The molecule has 0 radical (unpaired) electrons. The van der Waals surface area contributed by atoms with Gasteiger partial charge in [-0.2, -0.15) is 0 Å².